The van der Waals surface area contributed by atoms with Crippen molar-refractivity contribution in [1.82, 2.24) is 4.90 Å². The summed E-state index contributed by atoms with van der Waals surface area (Å²) in [5.41, 5.74) is -0.576. The zero-order valence-electron chi connectivity index (χ0n) is 18.1. The van der Waals surface area contributed by atoms with Crippen LogP contribution in [0.2, 0.25) is 0 Å². The van der Waals surface area contributed by atoms with Crippen LogP contribution in [0, 0.1) is 5.82 Å². The van der Waals surface area contributed by atoms with Crippen molar-refractivity contribution in [3.63, 3.8) is 0 Å². The Morgan fingerprint density at radius 1 is 1.10 bits per heavy atom. The molecule has 1 heterocycles. The van der Waals surface area contributed by atoms with E-state index in [1.807, 2.05) is 11.9 Å². The fraction of sp³-hybridized carbons (Fsp3) is 0.391. The van der Waals surface area contributed by atoms with E-state index in [4.69, 9.17) is 0 Å². The monoisotopic (exact) mass is 445 g/mol. The number of amides is 1. The van der Waals surface area contributed by atoms with Crippen molar-refractivity contribution < 1.29 is 17.6 Å². The Labute approximate surface area is 183 Å². The molecule has 8 heteroatoms. The summed E-state index contributed by atoms with van der Waals surface area (Å²) in [7, 11) is -2.08. The number of carbonyl (C=O) groups excluding carboxylic acids is 1. The number of nitrogens with zero attached hydrogens (tertiary/aromatic N) is 2. The molecule has 0 radical (unpaired) electrons. The summed E-state index contributed by atoms with van der Waals surface area (Å²) in [5.74, 6) is -0.364. The van der Waals surface area contributed by atoms with Crippen LogP contribution in [0.4, 0.5) is 10.1 Å². The van der Waals surface area contributed by atoms with Crippen LogP contribution in [0.1, 0.15) is 45.1 Å². The summed E-state index contributed by atoms with van der Waals surface area (Å²) in [4.78, 5) is 14.8. The van der Waals surface area contributed by atoms with Gasteiger partial charge < -0.3 is 10.2 Å². The van der Waals surface area contributed by atoms with Gasteiger partial charge in [-0.05, 0) is 51.0 Å². The summed E-state index contributed by atoms with van der Waals surface area (Å²) in [6.45, 7) is 4.01. The normalized spacial score (nSPS) is 16.8. The minimum absolute atomic E-state index is 0.000792. The van der Waals surface area contributed by atoms with Crippen LogP contribution < -0.4 is 5.32 Å². The van der Waals surface area contributed by atoms with Gasteiger partial charge in [0.15, 0.2) is 0 Å². The molecule has 1 fully saturated rings. The largest absolute Gasteiger partial charge is 0.362 e. The Balaban J connectivity index is 1.84. The fourth-order valence-electron chi connectivity index (χ4n) is 3.55. The van der Waals surface area contributed by atoms with E-state index >= 15 is 0 Å². The van der Waals surface area contributed by atoms with Crippen LogP contribution in [0.15, 0.2) is 57.8 Å². The van der Waals surface area contributed by atoms with Crippen molar-refractivity contribution in [2.45, 2.75) is 49.8 Å². The molecule has 0 unspecified atom stereocenters. The number of amidine groups is 1. The fourth-order valence-corrected chi connectivity index (χ4v) is 4.69. The molecule has 1 aliphatic heterocycles. The lowest BCUT2D eigenvalue weighted by atomic mass is 9.83. The van der Waals surface area contributed by atoms with E-state index < -0.39 is 27.2 Å². The third-order valence-electron chi connectivity index (χ3n) is 5.56. The van der Waals surface area contributed by atoms with Crippen molar-refractivity contribution in [3.8, 4) is 0 Å². The third-order valence-corrected chi connectivity index (χ3v) is 6.87. The Morgan fingerprint density at radius 2 is 1.84 bits per heavy atom. The predicted octanol–water partition coefficient (Wildman–Crippen LogP) is 4.34. The molecule has 1 amide bonds. The average Bonchev–Trinajstić information content (AvgIpc) is 2.92. The molecule has 2 aromatic rings. The molecule has 2 aromatic carbocycles. The van der Waals surface area contributed by atoms with E-state index in [1.54, 1.807) is 44.2 Å². The SMILES string of the molecule is CN1CCCCC/C1=N\S(=O)(=O)c1cccc(NC(=O)C(C)(C)c2ccccc2F)c1. The summed E-state index contributed by atoms with van der Waals surface area (Å²) in [6, 6.07) is 12.1. The lowest BCUT2D eigenvalue weighted by molar-refractivity contribution is -0.120. The molecule has 0 aliphatic carbocycles. The van der Waals surface area contributed by atoms with Crippen molar-refractivity contribution >= 4 is 27.5 Å². The summed E-state index contributed by atoms with van der Waals surface area (Å²) >= 11 is 0. The van der Waals surface area contributed by atoms with Crippen molar-refractivity contribution in [1.29, 1.82) is 0 Å². The zero-order chi connectivity index (χ0) is 22.6. The maximum atomic E-state index is 14.2. The smallest absolute Gasteiger partial charge is 0.284 e. The number of hydrogen-bond acceptors (Lipinski definition) is 3. The van der Waals surface area contributed by atoms with Gasteiger partial charge in [0.25, 0.3) is 10.0 Å². The van der Waals surface area contributed by atoms with Crippen LogP contribution >= 0.6 is 0 Å². The van der Waals surface area contributed by atoms with E-state index in [9.17, 15) is 17.6 Å². The van der Waals surface area contributed by atoms with E-state index in [1.165, 1.54) is 18.2 Å². The van der Waals surface area contributed by atoms with E-state index in [-0.39, 0.29) is 10.5 Å². The summed E-state index contributed by atoms with van der Waals surface area (Å²) < 4.78 is 44.0. The molecular weight excluding hydrogens is 417 g/mol. The maximum absolute atomic E-state index is 14.2. The van der Waals surface area contributed by atoms with Gasteiger partial charge in [-0.3, -0.25) is 4.79 Å². The summed E-state index contributed by atoms with van der Waals surface area (Å²) in [5, 5.41) is 2.71. The van der Waals surface area contributed by atoms with Crippen molar-refractivity contribution in [2.24, 2.45) is 4.40 Å². The highest BCUT2D eigenvalue weighted by molar-refractivity contribution is 7.90. The first kappa shape index (κ1) is 22.9. The number of hydrogen-bond donors (Lipinski definition) is 1. The van der Waals surface area contributed by atoms with Crippen LogP contribution in [0.25, 0.3) is 0 Å². The molecule has 1 saturated heterocycles. The number of anilines is 1. The third kappa shape index (κ3) is 5.31. The van der Waals surface area contributed by atoms with E-state index in [0.29, 0.717) is 17.9 Å². The quantitative estimate of drug-likeness (QED) is 0.743. The lowest BCUT2D eigenvalue weighted by Crippen LogP contribution is -2.35. The number of halogens is 1. The second-order valence-electron chi connectivity index (χ2n) is 8.30. The average molecular weight is 446 g/mol. The second-order valence-corrected chi connectivity index (χ2v) is 9.91. The predicted molar refractivity (Wildman–Crippen MR) is 120 cm³/mol. The maximum Gasteiger partial charge on any atom is 0.284 e. The topological polar surface area (TPSA) is 78.8 Å². The molecular formula is C23H28FN3O3S. The van der Waals surface area contributed by atoms with Gasteiger partial charge >= 0.3 is 0 Å². The Morgan fingerprint density at radius 3 is 2.58 bits per heavy atom. The highest BCUT2D eigenvalue weighted by Crippen LogP contribution is 2.28. The van der Waals surface area contributed by atoms with Crippen LogP contribution in [0.5, 0.6) is 0 Å². The molecule has 166 valence electrons. The van der Waals surface area contributed by atoms with Gasteiger partial charge in [0.2, 0.25) is 5.91 Å². The first-order valence-electron chi connectivity index (χ1n) is 10.3. The molecule has 31 heavy (non-hydrogen) atoms. The number of nitrogens with one attached hydrogen (secondary N) is 1. The molecule has 0 spiro atoms. The number of rotatable bonds is 5. The number of carbonyl (C=O) groups is 1. The van der Waals surface area contributed by atoms with Gasteiger partial charge in [-0.25, -0.2) is 4.39 Å². The van der Waals surface area contributed by atoms with Crippen molar-refractivity contribution in [3.05, 3.63) is 59.9 Å². The Hall–Kier alpha value is -2.74. The first-order valence-corrected chi connectivity index (χ1v) is 11.8. The van der Waals surface area contributed by atoms with Gasteiger partial charge in [-0.1, -0.05) is 30.7 Å². The standard InChI is InChI=1S/C23H28FN3O3S/c1-23(2,19-12-6-7-13-20(19)24)22(28)25-17-10-9-11-18(16-17)31(29,30)26-21-14-5-4-8-15-27(21)3/h6-7,9-13,16H,4-5,8,14-15H2,1-3H3,(H,25,28)/b26-21+. The highest BCUT2D eigenvalue weighted by Gasteiger charge is 2.32. The van der Waals surface area contributed by atoms with E-state index in [0.717, 1.165) is 25.8 Å². The molecule has 1 N–H and O–H groups in total. The van der Waals surface area contributed by atoms with Gasteiger partial charge in [-0.2, -0.15) is 8.42 Å². The number of likely N-dealkylation sites (tertiary alicyclic amines) is 1. The molecule has 6 nitrogen and oxygen atoms in total. The molecule has 0 aromatic heterocycles. The molecule has 0 atom stereocenters. The lowest BCUT2D eigenvalue weighted by Gasteiger charge is -2.24. The number of sulfonamides is 1. The van der Waals surface area contributed by atoms with Crippen LogP contribution in [-0.4, -0.2) is 38.7 Å². The summed E-state index contributed by atoms with van der Waals surface area (Å²) in [6.07, 6.45) is 3.57. The van der Waals surface area contributed by atoms with Crippen LogP contribution in [-0.2, 0) is 20.2 Å². The second kappa shape index (κ2) is 9.18. The Bertz CT molecular complexity index is 1100. The number of benzene rings is 2. The van der Waals surface area contributed by atoms with Crippen molar-refractivity contribution in [2.75, 3.05) is 18.9 Å². The zero-order valence-corrected chi connectivity index (χ0v) is 18.9. The van der Waals surface area contributed by atoms with Gasteiger partial charge in [0.05, 0.1) is 10.3 Å². The highest BCUT2D eigenvalue weighted by atomic mass is 32.2. The molecule has 0 bridgehead atoms. The Kier molecular flexibility index (Phi) is 6.79. The molecule has 0 saturated carbocycles. The van der Waals surface area contributed by atoms with Crippen LogP contribution in [0.3, 0.4) is 0 Å². The minimum Gasteiger partial charge on any atom is -0.362 e. The van der Waals surface area contributed by atoms with E-state index in [2.05, 4.69) is 9.71 Å². The molecule has 3 rings (SSSR count). The van der Waals surface area contributed by atoms with Gasteiger partial charge in [0.1, 0.15) is 11.7 Å². The van der Waals surface area contributed by atoms with Gasteiger partial charge in [0, 0.05) is 31.3 Å². The molecule has 1 aliphatic rings. The minimum atomic E-state index is -3.93. The first-order chi connectivity index (χ1) is 14.6. The van der Waals surface area contributed by atoms with Gasteiger partial charge in [-0.15, -0.1) is 4.40 Å².